The Kier molecular flexibility index (Phi) is 2.97. The summed E-state index contributed by atoms with van der Waals surface area (Å²) in [4.78, 5) is 26.4. The molecule has 7 heteroatoms. The summed E-state index contributed by atoms with van der Waals surface area (Å²) in [6, 6.07) is 3.36. The number of carboxylic acids is 1. The quantitative estimate of drug-likeness (QED) is 0.771. The van der Waals surface area contributed by atoms with Crippen LogP contribution in [0.15, 0.2) is 16.9 Å². The average Bonchev–Trinajstić information content (AvgIpc) is 2.90. The van der Waals surface area contributed by atoms with Crippen molar-refractivity contribution >= 4 is 22.6 Å². The lowest BCUT2D eigenvalue weighted by Crippen LogP contribution is -2.17. The maximum Gasteiger partial charge on any atom is 0.336 e. The molecule has 118 valence electrons. The van der Waals surface area contributed by atoms with E-state index in [2.05, 4.69) is 15.2 Å². The smallest absolute Gasteiger partial charge is 0.336 e. The van der Waals surface area contributed by atoms with Gasteiger partial charge < -0.3 is 10.1 Å². The second-order valence-electron chi connectivity index (χ2n) is 5.98. The largest absolute Gasteiger partial charge is 0.478 e. The second kappa shape index (κ2) is 4.91. The van der Waals surface area contributed by atoms with Gasteiger partial charge >= 0.3 is 5.97 Å². The molecular formula is C16H16N4O3. The summed E-state index contributed by atoms with van der Waals surface area (Å²) in [6.07, 6.45) is 3.84. The van der Waals surface area contributed by atoms with Gasteiger partial charge in [-0.2, -0.15) is 0 Å². The molecular weight excluding hydrogens is 296 g/mol. The summed E-state index contributed by atoms with van der Waals surface area (Å²) >= 11 is 0. The SMILES string of the molecule is CCc1cc2c(cc1C(=O)O)[nH]c(=O)c1nnc(C3CCC3)n12. The van der Waals surface area contributed by atoms with Gasteiger partial charge in [-0.25, -0.2) is 4.79 Å². The fraction of sp³-hybridized carbons (Fsp3) is 0.375. The van der Waals surface area contributed by atoms with Crippen LogP contribution in [0.25, 0.3) is 16.7 Å². The van der Waals surface area contributed by atoms with Crippen LogP contribution in [0.4, 0.5) is 0 Å². The number of fused-ring (bicyclic) bond motifs is 3. The first-order chi connectivity index (χ1) is 11.1. The highest BCUT2D eigenvalue weighted by Gasteiger charge is 2.26. The van der Waals surface area contributed by atoms with Crippen molar-refractivity contribution in [1.29, 1.82) is 0 Å². The molecule has 1 aliphatic rings. The van der Waals surface area contributed by atoms with Crippen LogP contribution in [0.5, 0.6) is 0 Å². The predicted molar refractivity (Wildman–Crippen MR) is 84.0 cm³/mol. The van der Waals surface area contributed by atoms with E-state index >= 15 is 0 Å². The summed E-state index contributed by atoms with van der Waals surface area (Å²) in [5.74, 6) is 0.124. The average molecular weight is 312 g/mol. The summed E-state index contributed by atoms with van der Waals surface area (Å²) in [5.41, 5.74) is 2.12. The first kappa shape index (κ1) is 13.9. The standard InChI is InChI=1S/C16H16N4O3/c1-2-8-6-12-11(7-10(8)16(22)23)17-15(21)14-19-18-13(20(12)14)9-4-3-5-9/h6-7,9H,2-5H2,1H3,(H,17,21)(H,22,23). The van der Waals surface area contributed by atoms with Gasteiger partial charge in [0, 0.05) is 5.92 Å². The van der Waals surface area contributed by atoms with E-state index < -0.39 is 5.97 Å². The van der Waals surface area contributed by atoms with Crippen LogP contribution in [0.3, 0.4) is 0 Å². The van der Waals surface area contributed by atoms with Gasteiger partial charge in [0.15, 0.2) is 0 Å². The zero-order valence-corrected chi connectivity index (χ0v) is 12.7. The number of H-pyrrole nitrogens is 1. The van der Waals surface area contributed by atoms with E-state index in [-0.39, 0.29) is 16.8 Å². The predicted octanol–water partition coefficient (Wildman–Crippen LogP) is 2.10. The number of aromatic nitrogens is 4. The molecule has 1 aliphatic carbocycles. The zero-order chi connectivity index (χ0) is 16.1. The van der Waals surface area contributed by atoms with Gasteiger partial charge in [0.2, 0.25) is 5.65 Å². The van der Waals surface area contributed by atoms with Gasteiger partial charge in [-0.05, 0) is 37.0 Å². The fourth-order valence-corrected chi connectivity index (χ4v) is 3.20. The van der Waals surface area contributed by atoms with Gasteiger partial charge in [-0.3, -0.25) is 9.20 Å². The maximum atomic E-state index is 12.2. The van der Waals surface area contributed by atoms with Crippen LogP contribution < -0.4 is 5.56 Å². The van der Waals surface area contributed by atoms with Crippen molar-refractivity contribution in [3.05, 3.63) is 39.4 Å². The number of aryl methyl sites for hydroxylation is 1. The van der Waals surface area contributed by atoms with Crippen LogP contribution in [0.1, 0.15) is 53.8 Å². The Morgan fingerprint density at radius 2 is 2.17 bits per heavy atom. The molecule has 3 aromatic rings. The van der Waals surface area contributed by atoms with E-state index in [1.165, 1.54) is 6.07 Å². The lowest BCUT2D eigenvalue weighted by Gasteiger charge is -2.23. The molecule has 0 saturated heterocycles. The van der Waals surface area contributed by atoms with Crippen molar-refractivity contribution in [3.63, 3.8) is 0 Å². The van der Waals surface area contributed by atoms with Crippen molar-refractivity contribution in [2.45, 2.75) is 38.5 Å². The number of hydrogen-bond acceptors (Lipinski definition) is 4. The number of carboxylic acid groups (broad SMARTS) is 1. The van der Waals surface area contributed by atoms with Gasteiger partial charge in [-0.1, -0.05) is 13.3 Å². The van der Waals surface area contributed by atoms with E-state index in [1.807, 2.05) is 13.0 Å². The van der Waals surface area contributed by atoms with E-state index in [0.29, 0.717) is 17.9 Å². The Balaban J connectivity index is 2.12. The highest BCUT2D eigenvalue weighted by molar-refractivity contribution is 5.94. The first-order valence-corrected chi connectivity index (χ1v) is 7.77. The van der Waals surface area contributed by atoms with Crippen molar-refractivity contribution in [3.8, 4) is 0 Å². The topological polar surface area (TPSA) is 100 Å². The molecule has 2 aromatic heterocycles. The minimum Gasteiger partial charge on any atom is -0.478 e. The Bertz CT molecular complexity index is 998. The van der Waals surface area contributed by atoms with E-state index in [0.717, 1.165) is 36.2 Å². The molecule has 2 N–H and O–H groups in total. The van der Waals surface area contributed by atoms with Crippen LogP contribution in [0, 0.1) is 0 Å². The summed E-state index contributed by atoms with van der Waals surface area (Å²) in [6.45, 7) is 1.91. The Labute approximate surface area is 131 Å². The maximum absolute atomic E-state index is 12.2. The van der Waals surface area contributed by atoms with E-state index in [1.54, 1.807) is 4.40 Å². The minimum absolute atomic E-state index is 0.216. The molecule has 4 rings (SSSR count). The molecule has 23 heavy (non-hydrogen) atoms. The van der Waals surface area contributed by atoms with Crippen LogP contribution >= 0.6 is 0 Å². The van der Waals surface area contributed by atoms with Crippen molar-refractivity contribution < 1.29 is 9.90 Å². The molecule has 0 spiro atoms. The second-order valence-corrected chi connectivity index (χ2v) is 5.98. The summed E-state index contributed by atoms with van der Waals surface area (Å²) in [5, 5.41) is 17.6. The molecule has 0 unspecified atom stereocenters. The van der Waals surface area contributed by atoms with Crippen LogP contribution in [0.2, 0.25) is 0 Å². The van der Waals surface area contributed by atoms with Crippen molar-refractivity contribution in [2.75, 3.05) is 0 Å². The van der Waals surface area contributed by atoms with Gasteiger partial charge in [0.1, 0.15) is 5.82 Å². The molecule has 1 fully saturated rings. The van der Waals surface area contributed by atoms with Gasteiger partial charge in [0.05, 0.1) is 16.6 Å². The normalized spacial score (nSPS) is 15.2. The summed E-state index contributed by atoms with van der Waals surface area (Å²) in [7, 11) is 0. The number of nitrogens with one attached hydrogen (secondary N) is 1. The highest BCUT2D eigenvalue weighted by atomic mass is 16.4. The van der Waals surface area contributed by atoms with E-state index in [9.17, 15) is 14.7 Å². The molecule has 1 aromatic carbocycles. The number of benzene rings is 1. The van der Waals surface area contributed by atoms with Crippen molar-refractivity contribution in [1.82, 2.24) is 19.6 Å². The van der Waals surface area contributed by atoms with Crippen molar-refractivity contribution in [2.24, 2.45) is 0 Å². The van der Waals surface area contributed by atoms with Crippen LogP contribution in [-0.4, -0.2) is 30.7 Å². The fourth-order valence-electron chi connectivity index (χ4n) is 3.20. The number of aromatic amines is 1. The number of hydrogen-bond donors (Lipinski definition) is 2. The molecule has 0 radical (unpaired) electrons. The molecule has 0 aliphatic heterocycles. The Morgan fingerprint density at radius 3 is 2.78 bits per heavy atom. The molecule has 7 nitrogen and oxygen atoms in total. The lowest BCUT2D eigenvalue weighted by atomic mass is 9.85. The third kappa shape index (κ3) is 1.96. The molecule has 1 saturated carbocycles. The third-order valence-electron chi connectivity index (χ3n) is 4.68. The number of nitrogens with zero attached hydrogens (tertiary/aromatic N) is 3. The summed E-state index contributed by atoms with van der Waals surface area (Å²) < 4.78 is 1.79. The van der Waals surface area contributed by atoms with Crippen LogP contribution in [-0.2, 0) is 6.42 Å². The van der Waals surface area contributed by atoms with Gasteiger partial charge in [0.25, 0.3) is 5.56 Å². The third-order valence-corrected chi connectivity index (χ3v) is 4.68. The monoisotopic (exact) mass is 312 g/mol. The number of aromatic carboxylic acids is 1. The number of rotatable bonds is 3. The molecule has 0 bridgehead atoms. The Morgan fingerprint density at radius 1 is 1.39 bits per heavy atom. The highest BCUT2D eigenvalue weighted by Crippen LogP contribution is 2.36. The minimum atomic E-state index is -0.993. The zero-order valence-electron chi connectivity index (χ0n) is 12.7. The van der Waals surface area contributed by atoms with E-state index in [4.69, 9.17) is 0 Å². The number of carbonyl (C=O) groups is 1. The molecule has 2 heterocycles. The first-order valence-electron chi connectivity index (χ1n) is 7.77. The van der Waals surface area contributed by atoms with Gasteiger partial charge in [-0.15, -0.1) is 10.2 Å². The lowest BCUT2D eigenvalue weighted by molar-refractivity contribution is 0.0696. The Hall–Kier alpha value is -2.70. The molecule has 0 amide bonds. The molecule has 0 atom stereocenters.